The Morgan fingerprint density at radius 1 is 1.35 bits per heavy atom. The molecule has 8 heteroatoms. The maximum atomic E-state index is 11.1. The highest BCUT2D eigenvalue weighted by Crippen LogP contribution is 2.18. The van der Waals surface area contributed by atoms with Crippen LogP contribution in [0, 0.1) is 5.21 Å². The number of aryl methyl sites for hydroxylation is 1. The molecule has 0 amide bonds. The second-order valence-electron chi connectivity index (χ2n) is 6.00. The fraction of sp³-hybridized carbons (Fsp3) is 0.333. The zero-order valence-electron chi connectivity index (χ0n) is 14.7. The summed E-state index contributed by atoms with van der Waals surface area (Å²) in [6, 6.07) is 7.04. The third-order valence-electron chi connectivity index (χ3n) is 3.81. The zero-order valence-corrected chi connectivity index (χ0v) is 14.7. The van der Waals surface area contributed by atoms with E-state index in [1.54, 1.807) is 28.9 Å². The van der Waals surface area contributed by atoms with Gasteiger partial charge in [0.25, 0.3) is 0 Å². The number of carbonyl (C=O) groups excluding carboxylic acids is 1. The molecule has 3 aromatic rings. The molecule has 0 radical (unpaired) electrons. The van der Waals surface area contributed by atoms with Gasteiger partial charge in [0.15, 0.2) is 18.0 Å². The van der Waals surface area contributed by atoms with Crippen molar-refractivity contribution in [2.75, 3.05) is 0 Å². The number of hydrogen-bond donors (Lipinski definition) is 0. The second kappa shape index (κ2) is 7.81. The van der Waals surface area contributed by atoms with Gasteiger partial charge < -0.3 is 14.7 Å². The van der Waals surface area contributed by atoms with Crippen molar-refractivity contribution in [3.63, 3.8) is 0 Å². The molecule has 26 heavy (non-hydrogen) atoms. The molecular weight excluding hydrogens is 336 g/mol. The molecular formula is C18H20N4O4. The molecule has 1 unspecified atom stereocenters. The van der Waals surface area contributed by atoms with E-state index >= 15 is 0 Å². The number of nitrogens with zero attached hydrogens (tertiary/aromatic N) is 4. The Labute approximate surface area is 150 Å². The van der Waals surface area contributed by atoms with Crippen molar-refractivity contribution in [3.05, 3.63) is 59.3 Å². The first-order valence-electron chi connectivity index (χ1n) is 8.32. The predicted octanol–water partition coefficient (Wildman–Crippen LogP) is 1.83. The first-order valence-corrected chi connectivity index (χ1v) is 8.32. The molecule has 0 saturated carbocycles. The molecule has 0 N–H and O–H groups in total. The number of rotatable bonds is 7. The maximum absolute atomic E-state index is 11.1. The Balaban J connectivity index is 1.73. The van der Waals surface area contributed by atoms with Crippen LogP contribution in [-0.2, 0) is 22.6 Å². The van der Waals surface area contributed by atoms with Crippen LogP contribution in [0.2, 0.25) is 0 Å². The third-order valence-corrected chi connectivity index (χ3v) is 3.81. The summed E-state index contributed by atoms with van der Waals surface area (Å²) in [7, 11) is 0. The number of esters is 1. The fourth-order valence-corrected chi connectivity index (χ4v) is 2.56. The highest BCUT2D eigenvalue weighted by molar-refractivity contribution is 5.66. The summed E-state index contributed by atoms with van der Waals surface area (Å²) >= 11 is 0. The number of fused-ring (bicyclic) bond motifs is 1. The summed E-state index contributed by atoms with van der Waals surface area (Å²) in [5, 5.41) is 15.3. The highest BCUT2D eigenvalue weighted by atomic mass is 16.5. The Kier molecular flexibility index (Phi) is 5.31. The Morgan fingerprint density at radius 3 is 2.85 bits per heavy atom. The molecule has 0 aliphatic heterocycles. The SMILES string of the molecule is CC(=O)OC(C)CCc1cc(OCc2cc[n+]([O-])cc2)n2nccc2n1. The number of aromatic nitrogens is 4. The summed E-state index contributed by atoms with van der Waals surface area (Å²) in [6.07, 6.45) is 5.64. The lowest BCUT2D eigenvalue weighted by Crippen LogP contribution is -2.23. The van der Waals surface area contributed by atoms with Crippen LogP contribution in [0.3, 0.4) is 0 Å². The van der Waals surface area contributed by atoms with Gasteiger partial charge >= 0.3 is 5.97 Å². The van der Waals surface area contributed by atoms with E-state index in [0.717, 1.165) is 16.0 Å². The van der Waals surface area contributed by atoms with Crippen molar-refractivity contribution in [3.8, 4) is 5.88 Å². The van der Waals surface area contributed by atoms with Gasteiger partial charge in [0.1, 0.15) is 6.61 Å². The third kappa shape index (κ3) is 4.47. The molecule has 3 heterocycles. The van der Waals surface area contributed by atoms with E-state index in [1.165, 1.54) is 19.3 Å². The normalized spacial score (nSPS) is 12.1. The molecule has 0 aliphatic carbocycles. The smallest absolute Gasteiger partial charge is 0.302 e. The summed E-state index contributed by atoms with van der Waals surface area (Å²) in [5.41, 5.74) is 2.39. The van der Waals surface area contributed by atoms with Gasteiger partial charge in [-0.1, -0.05) is 0 Å². The molecule has 136 valence electrons. The van der Waals surface area contributed by atoms with Gasteiger partial charge in [-0.25, -0.2) is 4.98 Å². The van der Waals surface area contributed by atoms with Crippen LogP contribution in [0.4, 0.5) is 0 Å². The van der Waals surface area contributed by atoms with Gasteiger partial charge in [0.2, 0.25) is 5.88 Å². The fourth-order valence-electron chi connectivity index (χ4n) is 2.56. The lowest BCUT2D eigenvalue weighted by molar-refractivity contribution is -0.605. The zero-order chi connectivity index (χ0) is 18.5. The molecule has 0 fully saturated rings. The van der Waals surface area contributed by atoms with Crippen molar-refractivity contribution in [1.82, 2.24) is 14.6 Å². The van der Waals surface area contributed by atoms with E-state index < -0.39 is 0 Å². The molecule has 3 aromatic heterocycles. The van der Waals surface area contributed by atoms with Crippen molar-refractivity contribution in [2.45, 2.75) is 39.4 Å². The van der Waals surface area contributed by atoms with E-state index in [1.807, 2.05) is 13.0 Å². The minimum Gasteiger partial charge on any atom is -0.619 e. The summed E-state index contributed by atoms with van der Waals surface area (Å²) in [4.78, 5) is 15.6. The van der Waals surface area contributed by atoms with Crippen molar-refractivity contribution in [2.24, 2.45) is 0 Å². The topological polar surface area (TPSA) is 92.7 Å². The number of carbonyl (C=O) groups is 1. The van der Waals surface area contributed by atoms with Crippen molar-refractivity contribution >= 4 is 11.6 Å². The molecule has 0 bridgehead atoms. The average Bonchev–Trinajstić information content (AvgIpc) is 3.07. The van der Waals surface area contributed by atoms with E-state index in [2.05, 4.69) is 10.1 Å². The molecule has 0 spiro atoms. The number of hydrogen-bond acceptors (Lipinski definition) is 6. The standard InChI is InChI=1S/C18H20N4O4/c1-13(26-14(2)23)3-4-16-11-18(22-17(20-16)5-8-19-22)25-12-15-6-9-21(24)10-7-15/h5-11,13H,3-4,12H2,1-2H3. The molecule has 0 saturated heterocycles. The van der Waals surface area contributed by atoms with Crippen LogP contribution in [0.25, 0.3) is 5.65 Å². The summed E-state index contributed by atoms with van der Waals surface area (Å²) in [6.45, 7) is 3.56. The van der Waals surface area contributed by atoms with Crippen LogP contribution in [0.1, 0.15) is 31.5 Å². The van der Waals surface area contributed by atoms with Crippen molar-refractivity contribution in [1.29, 1.82) is 0 Å². The first kappa shape index (κ1) is 17.7. The van der Waals surface area contributed by atoms with Crippen LogP contribution in [-0.4, -0.2) is 26.7 Å². The van der Waals surface area contributed by atoms with E-state index in [0.29, 0.717) is 31.0 Å². The molecule has 3 rings (SSSR count). The van der Waals surface area contributed by atoms with E-state index in [9.17, 15) is 10.0 Å². The summed E-state index contributed by atoms with van der Waals surface area (Å²) < 4.78 is 13.4. The monoisotopic (exact) mass is 356 g/mol. The van der Waals surface area contributed by atoms with Crippen LogP contribution >= 0.6 is 0 Å². The molecule has 0 aliphatic rings. The van der Waals surface area contributed by atoms with Crippen molar-refractivity contribution < 1.29 is 19.0 Å². The van der Waals surface area contributed by atoms with Crippen LogP contribution in [0.15, 0.2) is 42.9 Å². The lowest BCUT2D eigenvalue weighted by atomic mass is 10.1. The van der Waals surface area contributed by atoms with Gasteiger partial charge in [-0.05, 0) is 19.8 Å². The summed E-state index contributed by atoms with van der Waals surface area (Å²) in [5.74, 6) is 0.275. The van der Waals surface area contributed by atoms with Gasteiger partial charge in [0, 0.05) is 42.4 Å². The van der Waals surface area contributed by atoms with Crippen LogP contribution in [0.5, 0.6) is 5.88 Å². The van der Waals surface area contributed by atoms with Gasteiger partial charge in [-0.3, -0.25) is 4.79 Å². The van der Waals surface area contributed by atoms with Gasteiger partial charge in [-0.15, -0.1) is 0 Å². The van der Waals surface area contributed by atoms with Crippen LogP contribution < -0.4 is 9.47 Å². The Bertz CT molecular complexity index is 892. The minimum absolute atomic E-state index is 0.178. The molecule has 1 atom stereocenters. The predicted molar refractivity (Wildman–Crippen MR) is 92.3 cm³/mol. The largest absolute Gasteiger partial charge is 0.619 e. The Morgan fingerprint density at radius 2 is 2.12 bits per heavy atom. The average molecular weight is 356 g/mol. The Hall–Kier alpha value is -3.16. The van der Waals surface area contributed by atoms with E-state index in [-0.39, 0.29) is 12.1 Å². The number of pyridine rings is 1. The molecule has 8 nitrogen and oxygen atoms in total. The highest BCUT2D eigenvalue weighted by Gasteiger charge is 2.11. The molecule has 0 aromatic carbocycles. The first-order chi connectivity index (χ1) is 12.5. The van der Waals surface area contributed by atoms with Gasteiger partial charge in [0.05, 0.1) is 12.3 Å². The quantitative estimate of drug-likeness (QED) is 0.364. The van der Waals surface area contributed by atoms with E-state index in [4.69, 9.17) is 9.47 Å². The number of ether oxygens (including phenoxy) is 2. The minimum atomic E-state index is -0.289. The maximum Gasteiger partial charge on any atom is 0.302 e. The lowest BCUT2D eigenvalue weighted by Gasteiger charge is -2.13. The second-order valence-corrected chi connectivity index (χ2v) is 6.00. The van der Waals surface area contributed by atoms with Gasteiger partial charge in [-0.2, -0.15) is 14.3 Å².